The highest BCUT2D eigenvalue weighted by atomic mass is 32.2. The van der Waals surface area contributed by atoms with Crippen LogP contribution in [0.15, 0.2) is 11.6 Å². The molecule has 20 heavy (non-hydrogen) atoms. The number of carbonyl (C=O) groups is 2. The van der Waals surface area contributed by atoms with Crippen molar-refractivity contribution in [3.8, 4) is 0 Å². The van der Waals surface area contributed by atoms with Crippen LogP contribution in [0.1, 0.15) is 59.8 Å². The maximum absolute atomic E-state index is 12.6. The largest absolute Gasteiger partial charge is 0.299 e. The highest BCUT2D eigenvalue weighted by Gasteiger charge is 2.42. The Kier molecular flexibility index (Phi) is 4.78. The van der Waals surface area contributed by atoms with Gasteiger partial charge in [-0.3, -0.25) is 9.59 Å². The lowest BCUT2D eigenvalue weighted by molar-refractivity contribution is -0.122. The standard InChI is InChI=1S/C17H26O2S/c1-11-6-5-7-13(16(19)20-17(2,3)4)12-8-9-15(18)14(12)10-11/h6,12-14H,5,7-10H2,1-4H3/b11-6-/t12-,13+,14-/m1/s1. The first-order chi connectivity index (χ1) is 9.28. The van der Waals surface area contributed by atoms with Crippen LogP contribution in [0.3, 0.4) is 0 Å². The van der Waals surface area contributed by atoms with Crippen molar-refractivity contribution in [3.63, 3.8) is 0 Å². The summed E-state index contributed by atoms with van der Waals surface area (Å²) < 4.78 is -0.0384. The quantitative estimate of drug-likeness (QED) is 0.673. The van der Waals surface area contributed by atoms with Gasteiger partial charge in [0.2, 0.25) is 0 Å². The minimum atomic E-state index is -0.0384. The molecular formula is C17H26O2S. The Morgan fingerprint density at radius 1 is 1.30 bits per heavy atom. The van der Waals surface area contributed by atoms with E-state index in [9.17, 15) is 9.59 Å². The first-order valence-electron chi connectivity index (χ1n) is 7.69. The second kappa shape index (κ2) is 6.05. The molecule has 3 heteroatoms. The zero-order valence-electron chi connectivity index (χ0n) is 13.1. The first-order valence-corrected chi connectivity index (χ1v) is 8.51. The van der Waals surface area contributed by atoms with Crippen LogP contribution in [0.2, 0.25) is 0 Å². The summed E-state index contributed by atoms with van der Waals surface area (Å²) >= 11 is 1.46. The maximum atomic E-state index is 12.6. The Labute approximate surface area is 126 Å². The van der Waals surface area contributed by atoms with Gasteiger partial charge in [-0.2, -0.15) is 0 Å². The highest BCUT2D eigenvalue weighted by Crippen LogP contribution is 2.44. The van der Waals surface area contributed by atoms with Gasteiger partial charge in [-0.05, 0) is 38.5 Å². The number of carbonyl (C=O) groups excluding carboxylic acids is 2. The minimum absolute atomic E-state index is 0.0384. The summed E-state index contributed by atoms with van der Waals surface area (Å²) in [4.78, 5) is 24.8. The van der Waals surface area contributed by atoms with Crippen molar-refractivity contribution in [1.29, 1.82) is 0 Å². The summed E-state index contributed by atoms with van der Waals surface area (Å²) in [6.45, 7) is 8.37. The minimum Gasteiger partial charge on any atom is -0.299 e. The lowest BCUT2D eigenvalue weighted by Gasteiger charge is -2.30. The molecule has 2 rings (SSSR count). The summed E-state index contributed by atoms with van der Waals surface area (Å²) in [7, 11) is 0. The molecule has 0 aromatic carbocycles. The molecule has 0 heterocycles. The van der Waals surface area contributed by atoms with E-state index in [1.807, 2.05) is 0 Å². The Morgan fingerprint density at radius 3 is 2.65 bits per heavy atom. The molecule has 1 fully saturated rings. The van der Waals surface area contributed by atoms with E-state index in [1.54, 1.807) is 0 Å². The SMILES string of the molecule is C/C1=C/CC[C@H](C(=O)SC(C)(C)C)[C@H]2CCC(=O)[C@@H]2C1. The van der Waals surface area contributed by atoms with Crippen molar-refractivity contribution in [3.05, 3.63) is 11.6 Å². The third-order valence-corrected chi connectivity index (χ3v) is 5.51. The average molecular weight is 294 g/mol. The summed E-state index contributed by atoms with van der Waals surface area (Å²) in [5, 5.41) is 0.301. The lowest BCUT2D eigenvalue weighted by atomic mass is 9.77. The third kappa shape index (κ3) is 3.75. The van der Waals surface area contributed by atoms with E-state index >= 15 is 0 Å². The summed E-state index contributed by atoms with van der Waals surface area (Å²) in [6, 6.07) is 0. The number of hydrogen-bond donors (Lipinski definition) is 0. The van der Waals surface area contributed by atoms with Crippen molar-refractivity contribution in [2.45, 2.75) is 64.5 Å². The van der Waals surface area contributed by atoms with Gasteiger partial charge in [0.15, 0.2) is 5.12 Å². The van der Waals surface area contributed by atoms with Crippen LogP contribution in [-0.4, -0.2) is 15.6 Å². The fourth-order valence-corrected chi connectivity index (χ4v) is 4.55. The molecule has 0 saturated heterocycles. The molecule has 0 radical (unpaired) electrons. The number of allylic oxidation sites excluding steroid dienone is 2. The smallest absolute Gasteiger partial charge is 0.192 e. The van der Waals surface area contributed by atoms with E-state index in [2.05, 4.69) is 33.8 Å². The van der Waals surface area contributed by atoms with E-state index in [1.165, 1.54) is 17.3 Å². The molecule has 2 aliphatic carbocycles. The van der Waals surface area contributed by atoms with Gasteiger partial charge in [0.1, 0.15) is 5.78 Å². The Bertz CT molecular complexity index is 431. The number of ketones is 1. The van der Waals surface area contributed by atoms with E-state index in [0.29, 0.717) is 17.3 Å². The number of Topliss-reactive ketones (excluding diaryl/α,β-unsaturated/α-hetero) is 1. The van der Waals surface area contributed by atoms with Crippen LogP contribution >= 0.6 is 11.8 Å². The maximum Gasteiger partial charge on any atom is 0.192 e. The predicted octanol–water partition coefficient (Wildman–Crippen LogP) is 4.39. The van der Waals surface area contributed by atoms with Gasteiger partial charge in [-0.1, -0.05) is 44.2 Å². The summed E-state index contributed by atoms with van der Waals surface area (Å²) in [5.74, 6) is 0.831. The van der Waals surface area contributed by atoms with Gasteiger partial charge in [0.25, 0.3) is 0 Å². The van der Waals surface area contributed by atoms with Crippen LogP contribution in [0.4, 0.5) is 0 Å². The molecule has 0 amide bonds. The van der Waals surface area contributed by atoms with Crippen molar-refractivity contribution < 1.29 is 9.59 Å². The molecule has 0 aromatic rings. The molecule has 112 valence electrons. The van der Waals surface area contributed by atoms with Crippen molar-refractivity contribution in [2.75, 3.05) is 0 Å². The Morgan fingerprint density at radius 2 is 2.00 bits per heavy atom. The van der Waals surface area contributed by atoms with Gasteiger partial charge in [0.05, 0.1) is 0 Å². The molecule has 2 aliphatic rings. The normalized spacial score (nSPS) is 33.9. The fraction of sp³-hybridized carbons (Fsp3) is 0.765. The number of rotatable bonds is 1. The fourth-order valence-electron chi connectivity index (χ4n) is 3.50. The van der Waals surface area contributed by atoms with Crippen LogP contribution < -0.4 is 0 Å². The topological polar surface area (TPSA) is 34.1 Å². The molecule has 0 spiro atoms. The predicted molar refractivity (Wildman–Crippen MR) is 84.7 cm³/mol. The van der Waals surface area contributed by atoms with E-state index < -0.39 is 0 Å². The van der Waals surface area contributed by atoms with Crippen molar-refractivity contribution >= 4 is 22.7 Å². The molecule has 0 aromatic heterocycles. The number of fused-ring (bicyclic) bond motifs is 1. The molecule has 0 bridgehead atoms. The summed E-state index contributed by atoms with van der Waals surface area (Å²) in [6.07, 6.45) is 6.57. The van der Waals surface area contributed by atoms with E-state index in [-0.39, 0.29) is 22.5 Å². The molecule has 3 atom stereocenters. The molecular weight excluding hydrogens is 268 g/mol. The Hall–Kier alpha value is -0.570. The molecule has 2 nitrogen and oxygen atoms in total. The van der Waals surface area contributed by atoms with Crippen molar-refractivity contribution in [2.24, 2.45) is 17.8 Å². The second-order valence-corrected chi connectivity index (χ2v) is 9.08. The zero-order chi connectivity index (χ0) is 14.9. The number of thioether (sulfide) groups is 1. The monoisotopic (exact) mass is 294 g/mol. The third-order valence-electron chi connectivity index (χ3n) is 4.39. The van der Waals surface area contributed by atoms with Gasteiger partial charge in [0, 0.05) is 23.0 Å². The molecule has 0 N–H and O–H groups in total. The summed E-state index contributed by atoms with van der Waals surface area (Å²) in [5.41, 5.74) is 1.32. The lowest BCUT2D eigenvalue weighted by Crippen LogP contribution is -2.30. The first kappa shape index (κ1) is 15.8. The highest BCUT2D eigenvalue weighted by molar-refractivity contribution is 8.14. The van der Waals surface area contributed by atoms with Crippen LogP contribution in [0.25, 0.3) is 0 Å². The van der Waals surface area contributed by atoms with E-state index in [0.717, 1.165) is 25.7 Å². The second-order valence-electron chi connectivity index (χ2n) is 7.25. The molecule has 1 saturated carbocycles. The van der Waals surface area contributed by atoms with Gasteiger partial charge in [-0.15, -0.1) is 0 Å². The Balaban J connectivity index is 2.19. The van der Waals surface area contributed by atoms with Gasteiger partial charge in [-0.25, -0.2) is 0 Å². The molecule has 0 unspecified atom stereocenters. The van der Waals surface area contributed by atoms with Crippen molar-refractivity contribution in [1.82, 2.24) is 0 Å². The van der Waals surface area contributed by atoms with Crippen LogP contribution in [0, 0.1) is 17.8 Å². The molecule has 0 aliphatic heterocycles. The van der Waals surface area contributed by atoms with Gasteiger partial charge < -0.3 is 0 Å². The van der Waals surface area contributed by atoms with Gasteiger partial charge >= 0.3 is 0 Å². The number of hydrogen-bond acceptors (Lipinski definition) is 3. The van der Waals surface area contributed by atoms with E-state index in [4.69, 9.17) is 0 Å². The van der Waals surface area contributed by atoms with Crippen LogP contribution in [0.5, 0.6) is 0 Å². The van der Waals surface area contributed by atoms with Crippen LogP contribution in [-0.2, 0) is 9.59 Å². The zero-order valence-corrected chi connectivity index (χ0v) is 13.9. The average Bonchev–Trinajstić information content (AvgIpc) is 2.61.